The minimum Gasteiger partial charge on any atom is -0.368 e. The van der Waals surface area contributed by atoms with E-state index in [1.165, 1.54) is 0 Å². The average Bonchev–Trinajstić information content (AvgIpc) is 3.15. The SMILES string of the molecule is CC(CCNC(=O)[C@@H]1CCCO1)NC(=O)c1cc2ccccc2[nH]c1=O. The Kier molecular flexibility index (Phi) is 5.68. The molecule has 2 amide bonds. The summed E-state index contributed by atoms with van der Waals surface area (Å²) >= 11 is 0. The highest BCUT2D eigenvalue weighted by Gasteiger charge is 2.23. The number of benzene rings is 1. The number of nitrogens with one attached hydrogen (secondary N) is 3. The highest BCUT2D eigenvalue weighted by molar-refractivity contribution is 5.97. The molecule has 138 valence electrons. The third-order valence-corrected chi connectivity index (χ3v) is 4.47. The Labute approximate surface area is 151 Å². The molecule has 0 bridgehead atoms. The van der Waals surface area contributed by atoms with Crippen LogP contribution in [0.25, 0.3) is 10.9 Å². The first-order chi connectivity index (χ1) is 12.5. The Hall–Kier alpha value is -2.67. The van der Waals surface area contributed by atoms with Gasteiger partial charge in [0.25, 0.3) is 11.5 Å². The lowest BCUT2D eigenvalue weighted by molar-refractivity contribution is -0.130. The molecular weight excluding hydrogens is 334 g/mol. The molecule has 7 nitrogen and oxygen atoms in total. The highest BCUT2D eigenvalue weighted by atomic mass is 16.5. The van der Waals surface area contributed by atoms with Crippen molar-refractivity contribution in [2.45, 2.75) is 38.3 Å². The Morgan fingerprint density at radius 1 is 1.35 bits per heavy atom. The summed E-state index contributed by atoms with van der Waals surface area (Å²) in [6.45, 7) is 2.91. The number of aromatic nitrogens is 1. The Balaban J connectivity index is 1.53. The summed E-state index contributed by atoms with van der Waals surface area (Å²) in [4.78, 5) is 39.1. The van der Waals surface area contributed by atoms with Crippen LogP contribution in [0.1, 0.15) is 36.5 Å². The standard InChI is InChI=1S/C19H23N3O4/c1-12(8-9-20-19(25)16-7-4-10-26-16)21-17(23)14-11-13-5-2-3-6-15(13)22-18(14)24/h2-3,5-6,11-12,16H,4,7-10H2,1H3,(H,20,25)(H,21,23)(H,22,24)/t12?,16-/m0/s1. The van der Waals surface area contributed by atoms with Crippen LogP contribution in [0, 0.1) is 0 Å². The van der Waals surface area contributed by atoms with Gasteiger partial charge in [0, 0.05) is 24.7 Å². The van der Waals surface area contributed by atoms with Crippen LogP contribution in [0.2, 0.25) is 0 Å². The molecule has 0 radical (unpaired) electrons. The number of fused-ring (bicyclic) bond motifs is 1. The summed E-state index contributed by atoms with van der Waals surface area (Å²) in [5.74, 6) is -0.526. The summed E-state index contributed by atoms with van der Waals surface area (Å²) in [5.41, 5.74) is 0.359. The Morgan fingerprint density at radius 2 is 2.15 bits per heavy atom. The van der Waals surface area contributed by atoms with Crippen LogP contribution in [0.5, 0.6) is 0 Å². The molecule has 7 heteroatoms. The molecule has 1 fully saturated rings. The van der Waals surface area contributed by atoms with Gasteiger partial charge in [-0.15, -0.1) is 0 Å². The summed E-state index contributed by atoms with van der Waals surface area (Å²) < 4.78 is 5.32. The molecule has 1 aromatic heterocycles. The number of ether oxygens (including phenoxy) is 1. The Bertz CT molecular complexity index is 855. The summed E-state index contributed by atoms with van der Waals surface area (Å²) in [5, 5.41) is 6.42. The maximum atomic E-state index is 12.4. The van der Waals surface area contributed by atoms with E-state index in [1.807, 2.05) is 25.1 Å². The quantitative estimate of drug-likeness (QED) is 0.726. The van der Waals surface area contributed by atoms with E-state index >= 15 is 0 Å². The molecule has 1 unspecified atom stereocenters. The fraction of sp³-hybridized carbons (Fsp3) is 0.421. The first-order valence-corrected chi connectivity index (χ1v) is 8.87. The Morgan fingerprint density at radius 3 is 2.92 bits per heavy atom. The van der Waals surface area contributed by atoms with Gasteiger partial charge in [0.05, 0.1) is 0 Å². The molecule has 2 heterocycles. The number of aromatic amines is 1. The van der Waals surface area contributed by atoms with Gasteiger partial charge in [0.2, 0.25) is 5.91 Å². The van der Waals surface area contributed by atoms with Crippen molar-refractivity contribution in [2.75, 3.05) is 13.2 Å². The van der Waals surface area contributed by atoms with Gasteiger partial charge < -0.3 is 20.4 Å². The number of carbonyl (C=O) groups is 2. The number of H-pyrrole nitrogens is 1. The molecule has 3 N–H and O–H groups in total. The minimum atomic E-state index is -0.421. The van der Waals surface area contributed by atoms with Gasteiger partial charge in [0.1, 0.15) is 11.7 Å². The van der Waals surface area contributed by atoms with Gasteiger partial charge in [-0.2, -0.15) is 0 Å². The second-order valence-corrected chi connectivity index (χ2v) is 6.56. The number of amides is 2. The molecule has 3 rings (SSSR count). The van der Waals surface area contributed by atoms with E-state index in [-0.39, 0.29) is 23.6 Å². The number of carbonyl (C=O) groups excluding carboxylic acids is 2. The second-order valence-electron chi connectivity index (χ2n) is 6.56. The van der Waals surface area contributed by atoms with Crippen LogP contribution in [0.15, 0.2) is 35.1 Å². The number of hydrogen-bond acceptors (Lipinski definition) is 4. The second kappa shape index (κ2) is 8.14. The lowest BCUT2D eigenvalue weighted by Crippen LogP contribution is -2.40. The molecule has 26 heavy (non-hydrogen) atoms. The monoisotopic (exact) mass is 357 g/mol. The first kappa shape index (κ1) is 18.1. The maximum absolute atomic E-state index is 12.4. The van der Waals surface area contributed by atoms with Gasteiger partial charge in [0.15, 0.2) is 0 Å². The van der Waals surface area contributed by atoms with Crippen LogP contribution in [0.4, 0.5) is 0 Å². The molecule has 0 spiro atoms. The molecule has 2 aromatic rings. The van der Waals surface area contributed by atoms with E-state index in [0.29, 0.717) is 25.1 Å². The maximum Gasteiger partial charge on any atom is 0.261 e. The lowest BCUT2D eigenvalue weighted by atomic mass is 10.1. The topological polar surface area (TPSA) is 100 Å². The zero-order chi connectivity index (χ0) is 18.5. The fourth-order valence-electron chi connectivity index (χ4n) is 3.00. The van der Waals surface area contributed by atoms with Crippen molar-refractivity contribution in [2.24, 2.45) is 0 Å². The molecule has 1 aliphatic rings. The van der Waals surface area contributed by atoms with Crippen molar-refractivity contribution >= 4 is 22.7 Å². The van der Waals surface area contributed by atoms with Crippen molar-refractivity contribution in [1.29, 1.82) is 0 Å². The van der Waals surface area contributed by atoms with Crippen molar-refractivity contribution in [3.8, 4) is 0 Å². The zero-order valence-corrected chi connectivity index (χ0v) is 14.7. The molecular formula is C19H23N3O4. The van der Waals surface area contributed by atoms with Crippen LogP contribution in [0.3, 0.4) is 0 Å². The fourth-order valence-corrected chi connectivity index (χ4v) is 3.00. The number of hydrogen-bond donors (Lipinski definition) is 3. The largest absolute Gasteiger partial charge is 0.368 e. The number of para-hydroxylation sites is 1. The van der Waals surface area contributed by atoms with E-state index < -0.39 is 11.5 Å². The number of pyridine rings is 1. The van der Waals surface area contributed by atoms with E-state index in [9.17, 15) is 14.4 Å². The summed E-state index contributed by atoms with van der Waals surface area (Å²) in [7, 11) is 0. The number of rotatable bonds is 6. The average molecular weight is 357 g/mol. The van der Waals surface area contributed by atoms with Crippen molar-refractivity contribution in [3.05, 3.63) is 46.2 Å². The van der Waals surface area contributed by atoms with E-state index in [0.717, 1.165) is 18.2 Å². The zero-order valence-electron chi connectivity index (χ0n) is 14.7. The van der Waals surface area contributed by atoms with Gasteiger partial charge in [-0.1, -0.05) is 18.2 Å². The van der Waals surface area contributed by atoms with Crippen molar-refractivity contribution < 1.29 is 14.3 Å². The van der Waals surface area contributed by atoms with Crippen LogP contribution < -0.4 is 16.2 Å². The third kappa shape index (κ3) is 4.29. The first-order valence-electron chi connectivity index (χ1n) is 8.87. The molecule has 0 saturated carbocycles. The highest BCUT2D eigenvalue weighted by Crippen LogP contribution is 2.12. The van der Waals surface area contributed by atoms with Crippen LogP contribution >= 0.6 is 0 Å². The van der Waals surface area contributed by atoms with E-state index in [2.05, 4.69) is 15.6 Å². The van der Waals surface area contributed by atoms with E-state index in [4.69, 9.17) is 4.74 Å². The van der Waals surface area contributed by atoms with Gasteiger partial charge in [-0.05, 0) is 43.7 Å². The van der Waals surface area contributed by atoms with Crippen LogP contribution in [-0.2, 0) is 9.53 Å². The van der Waals surface area contributed by atoms with Gasteiger partial charge in [-0.25, -0.2) is 0 Å². The van der Waals surface area contributed by atoms with Crippen molar-refractivity contribution in [3.63, 3.8) is 0 Å². The lowest BCUT2D eigenvalue weighted by Gasteiger charge is -2.15. The molecule has 1 saturated heterocycles. The molecule has 1 aliphatic heterocycles. The smallest absolute Gasteiger partial charge is 0.261 e. The van der Waals surface area contributed by atoms with Gasteiger partial charge in [-0.3, -0.25) is 14.4 Å². The molecule has 0 aliphatic carbocycles. The van der Waals surface area contributed by atoms with Crippen molar-refractivity contribution in [1.82, 2.24) is 15.6 Å². The summed E-state index contributed by atoms with van der Waals surface area (Å²) in [6.07, 6.45) is 1.87. The predicted octanol–water partition coefficient (Wildman–Crippen LogP) is 1.33. The third-order valence-electron chi connectivity index (χ3n) is 4.47. The normalized spacial score (nSPS) is 17.8. The van der Waals surface area contributed by atoms with Crippen LogP contribution in [-0.4, -0.2) is 42.1 Å². The molecule has 2 atom stereocenters. The molecule has 1 aromatic carbocycles. The predicted molar refractivity (Wildman–Crippen MR) is 98.1 cm³/mol. The summed E-state index contributed by atoms with van der Waals surface area (Å²) in [6, 6.07) is 8.71. The minimum absolute atomic E-state index is 0.0824. The van der Waals surface area contributed by atoms with E-state index in [1.54, 1.807) is 12.1 Å². The van der Waals surface area contributed by atoms with Gasteiger partial charge >= 0.3 is 0 Å².